The van der Waals surface area contributed by atoms with Crippen LogP contribution in [-0.2, 0) is 9.84 Å². The average Bonchev–Trinajstić information content (AvgIpc) is 2.67. The summed E-state index contributed by atoms with van der Waals surface area (Å²) < 4.78 is 22.7. The van der Waals surface area contributed by atoms with Crippen LogP contribution in [0.1, 0.15) is 25.7 Å². The van der Waals surface area contributed by atoms with Crippen molar-refractivity contribution in [3.63, 3.8) is 0 Å². The van der Waals surface area contributed by atoms with Crippen molar-refractivity contribution in [3.05, 3.63) is 24.3 Å². The molecule has 0 aliphatic carbocycles. The molecule has 0 saturated carbocycles. The summed E-state index contributed by atoms with van der Waals surface area (Å²) in [5.74, 6) is 0. The molecule has 0 radical (unpaired) electrons. The van der Waals surface area contributed by atoms with Crippen molar-refractivity contribution in [2.45, 2.75) is 30.6 Å². The lowest BCUT2D eigenvalue weighted by Crippen LogP contribution is -2.29. The van der Waals surface area contributed by atoms with Gasteiger partial charge in [0.1, 0.15) is 0 Å². The first kappa shape index (κ1) is 15.3. The van der Waals surface area contributed by atoms with Crippen molar-refractivity contribution < 1.29 is 8.42 Å². The normalized spacial score (nSPS) is 17.6. The van der Waals surface area contributed by atoms with Gasteiger partial charge in [-0.15, -0.1) is 0 Å². The van der Waals surface area contributed by atoms with E-state index in [1.807, 2.05) is 12.1 Å². The van der Waals surface area contributed by atoms with Gasteiger partial charge in [-0.05, 0) is 50.2 Å². The van der Waals surface area contributed by atoms with Gasteiger partial charge in [-0.2, -0.15) is 0 Å². The Hall–Kier alpha value is -1.07. The standard InChI is InChI=1S/C15H24N2O2S/c1-20(18,19)15-8-6-14(7-9-15)16-10-13-17-11-4-2-3-5-12-17/h6-9,16H,2-5,10-13H2,1H3. The lowest BCUT2D eigenvalue weighted by Gasteiger charge is -2.20. The zero-order valence-electron chi connectivity index (χ0n) is 12.1. The van der Waals surface area contributed by atoms with Crippen LogP contribution in [0.2, 0.25) is 0 Å². The number of rotatable bonds is 5. The third-order valence-electron chi connectivity index (χ3n) is 3.74. The van der Waals surface area contributed by atoms with Gasteiger partial charge in [-0.3, -0.25) is 0 Å². The first-order valence-corrected chi connectivity index (χ1v) is 9.21. The SMILES string of the molecule is CS(=O)(=O)c1ccc(NCCN2CCCCCC2)cc1. The highest BCUT2D eigenvalue weighted by atomic mass is 32.2. The number of nitrogens with zero attached hydrogens (tertiary/aromatic N) is 1. The minimum atomic E-state index is -3.10. The van der Waals surface area contributed by atoms with Crippen LogP contribution in [0.4, 0.5) is 5.69 Å². The first-order valence-electron chi connectivity index (χ1n) is 7.32. The van der Waals surface area contributed by atoms with E-state index < -0.39 is 9.84 Å². The lowest BCUT2D eigenvalue weighted by molar-refractivity contribution is 0.296. The summed E-state index contributed by atoms with van der Waals surface area (Å²) in [5.41, 5.74) is 0.979. The Bertz CT molecular complexity index is 503. The van der Waals surface area contributed by atoms with Gasteiger partial charge in [0.05, 0.1) is 4.90 Å². The van der Waals surface area contributed by atoms with E-state index in [1.165, 1.54) is 45.0 Å². The monoisotopic (exact) mass is 296 g/mol. The van der Waals surface area contributed by atoms with Gasteiger partial charge in [0.25, 0.3) is 0 Å². The smallest absolute Gasteiger partial charge is 0.175 e. The van der Waals surface area contributed by atoms with Gasteiger partial charge in [-0.25, -0.2) is 8.42 Å². The van der Waals surface area contributed by atoms with Gasteiger partial charge in [0.15, 0.2) is 9.84 Å². The molecule has 1 N–H and O–H groups in total. The molecule has 0 aromatic heterocycles. The molecule has 2 rings (SSSR count). The van der Waals surface area contributed by atoms with Crippen LogP contribution in [0.25, 0.3) is 0 Å². The van der Waals surface area contributed by atoms with Gasteiger partial charge in [0, 0.05) is 25.0 Å². The molecule has 112 valence electrons. The number of anilines is 1. The Morgan fingerprint density at radius 3 is 2.20 bits per heavy atom. The van der Waals surface area contributed by atoms with Gasteiger partial charge >= 0.3 is 0 Å². The topological polar surface area (TPSA) is 49.4 Å². The van der Waals surface area contributed by atoms with E-state index in [9.17, 15) is 8.42 Å². The fourth-order valence-electron chi connectivity index (χ4n) is 2.54. The molecule has 0 unspecified atom stereocenters. The van der Waals surface area contributed by atoms with Crippen molar-refractivity contribution in [1.82, 2.24) is 4.90 Å². The molecular weight excluding hydrogens is 272 g/mol. The van der Waals surface area contributed by atoms with Crippen LogP contribution in [0.5, 0.6) is 0 Å². The van der Waals surface area contributed by atoms with Crippen LogP contribution in [0.15, 0.2) is 29.2 Å². The zero-order valence-corrected chi connectivity index (χ0v) is 13.0. The quantitative estimate of drug-likeness (QED) is 0.906. The molecular formula is C15H24N2O2S. The molecule has 1 saturated heterocycles. The number of hydrogen-bond donors (Lipinski definition) is 1. The fourth-order valence-corrected chi connectivity index (χ4v) is 3.17. The maximum atomic E-state index is 11.4. The predicted octanol–water partition coefficient (Wildman–Crippen LogP) is 2.38. The number of benzene rings is 1. The summed E-state index contributed by atoms with van der Waals surface area (Å²) in [6.45, 7) is 4.36. The molecule has 0 atom stereocenters. The minimum Gasteiger partial charge on any atom is -0.384 e. The molecule has 5 heteroatoms. The number of nitrogens with one attached hydrogen (secondary N) is 1. The maximum Gasteiger partial charge on any atom is 0.175 e. The molecule has 1 aromatic rings. The molecule has 0 amide bonds. The number of hydrogen-bond acceptors (Lipinski definition) is 4. The third-order valence-corrected chi connectivity index (χ3v) is 4.87. The summed E-state index contributed by atoms with van der Waals surface area (Å²) >= 11 is 0. The highest BCUT2D eigenvalue weighted by Gasteiger charge is 2.08. The predicted molar refractivity (Wildman–Crippen MR) is 82.9 cm³/mol. The second kappa shape index (κ2) is 7.09. The van der Waals surface area contributed by atoms with E-state index in [-0.39, 0.29) is 0 Å². The van der Waals surface area contributed by atoms with Crippen LogP contribution in [0.3, 0.4) is 0 Å². The third kappa shape index (κ3) is 4.80. The zero-order chi connectivity index (χ0) is 14.4. The average molecular weight is 296 g/mol. The van der Waals surface area contributed by atoms with Crippen molar-refractivity contribution in [2.75, 3.05) is 37.8 Å². The maximum absolute atomic E-state index is 11.4. The molecule has 20 heavy (non-hydrogen) atoms. The van der Waals surface area contributed by atoms with Gasteiger partial charge in [0.2, 0.25) is 0 Å². The Balaban J connectivity index is 1.79. The molecule has 1 aliphatic heterocycles. The molecule has 4 nitrogen and oxygen atoms in total. The number of likely N-dealkylation sites (tertiary alicyclic amines) is 1. The molecule has 0 bridgehead atoms. The van der Waals surface area contributed by atoms with Crippen LogP contribution < -0.4 is 5.32 Å². The van der Waals surface area contributed by atoms with Crippen molar-refractivity contribution in [3.8, 4) is 0 Å². The second-order valence-corrected chi connectivity index (χ2v) is 7.49. The summed E-state index contributed by atoms with van der Waals surface area (Å²) in [5, 5.41) is 3.35. The summed E-state index contributed by atoms with van der Waals surface area (Å²) in [4.78, 5) is 2.88. The van der Waals surface area contributed by atoms with E-state index in [2.05, 4.69) is 10.2 Å². The molecule has 1 aliphatic rings. The van der Waals surface area contributed by atoms with Crippen molar-refractivity contribution in [2.24, 2.45) is 0 Å². The molecule has 1 fully saturated rings. The van der Waals surface area contributed by atoms with E-state index >= 15 is 0 Å². The summed E-state index contributed by atoms with van der Waals surface area (Å²) in [7, 11) is -3.10. The van der Waals surface area contributed by atoms with E-state index in [4.69, 9.17) is 0 Å². The lowest BCUT2D eigenvalue weighted by atomic mass is 10.2. The molecule has 1 heterocycles. The Morgan fingerprint density at radius 2 is 1.65 bits per heavy atom. The highest BCUT2D eigenvalue weighted by molar-refractivity contribution is 7.90. The van der Waals surface area contributed by atoms with Crippen LogP contribution in [-0.4, -0.2) is 45.8 Å². The Labute approximate surface area is 122 Å². The van der Waals surface area contributed by atoms with Crippen LogP contribution >= 0.6 is 0 Å². The first-order chi connectivity index (χ1) is 9.55. The summed E-state index contributed by atoms with van der Waals surface area (Å²) in [6.07, 6.45) is 6.56. The van der Waals surface area contributed by atoms with Crippen molar-refractivity contribution in [1.29, 1.82) is 0 Å². The van der Waals surface area contributed by atoms with E-state index in [0.717, 1.165) is 18.8 Å². The largest absolute Gasteiger partial charge is 0.384 e. The number of sulfone groups is 1. The molecule has 0 spiro atoms. The minimum absolute atomic E-state index is 0.371. The second-order valence-electron chi connectivity index (χ2n) is 5.48. The highest BCUT2D eigenvalue weighted by Crippen LogP contribution is 2.14. The van der Waals surface area contributed by atoms with Gasteiger partial charge < -0.3 is 10.2 Å². The Morgan fingerprint density at radius 1 is 1.05 bits per heavy atom. The van der Waals surface area contributed by atoms with Crippen LogP contribution in [0, 0.1) is 0 Å². The van der Waals surface area contributed by atoms with E-state index in [1.54, 1.807) is 12.1 Å². The van der Waals surface area contributed by atoms with Gasteiger partial charge in [-0.1, -0.05) is 12.8 Å². The fraction of sp³-hybridized carbons (Fsp3) is 0.600. The summed E-state index contributed by atoms with van der Waals surface area (Å²) in [6, 6.07) is 6.98. The Kier molecular flexibility index (Phi) is 5.43. The van der Waals surface area contributed by atoms with Crippen molar-refractivity contribution >= 4 is 15.5 Å². The molecule has 1 aromatic carbocycles. The van der Waals surface area contributed by atoms with E-state index in [0.29, 0.717) is 4.90 Å².